The number of nitrogens with one attached hydrogen (secondary N) is 2. The second kappa shape index (κ2) is 5.90. The van der Waals surface area contributed by atoms with Crippen molar-refractivity contribution in [2.45, 2.75) is 12.6 Å². The van der Waals surface area contributed by atoms with Crippen molar-refractivity contribution in [3.05, 3.63) is 71.9 Å². The number of fused-ring (bicyclic) bond motifs is 1. The van der Waals surface area contributed by atoms with Crippen LogP contribution in [0.5, 0.6) is 0 Å². The number of hydrogen-bond acceptors (Lipinski definition) is 2. The molecule has 0 saturated carbocycles. The third-order valence-electron chi connectivity index (χ3n) is 3.56. The van der Waals surface area contributed by atoms with Crippen molar-refractivity contribution in [1.82, 2.24) is 10.3 Å². The highest BCUT2D eigenvalue weighted by Gasteiger charge is 2.09. The molecule has 0 unspecified atom stereocenters. The maximum atomic E-state index is 9.53. The zero-order valence-corrected chi connectivity index (χ0v) is 11.2. The van der Waals surface area contributed by atoms with Gasteiger partial charge in [-0.05, 0) is 28.6 Å². The second-order valence-electron chi connectivity index (χ2n) is 4.93. The predicted molar refractivity (Wildman–Crippen MR) is 81.4 cm³/mol. The summed E-state index contributed by atoms with van der Waals surface area (Å²) in [5.41, 5.74) is 3.45. The van der Waals surface area contributed by atoms with E-state index in [4.69, 9.17) is 0 Å². The van der Waals surface area contributed by atoms with Crippen LogP contribution in [0.4, 0.5) is 0 Å². The molecule has 1 heterocycles. The Balaban J connectivity index is 1.71. The average Bonchev–Trinajstić information content (AvgIpc) is 2.96. The Morgan fingerprint density at radius 3 is 2.70 bits per heavy atom. The van der Waals surface area contributed by atoms with E-state index < -0.39 is 0 Å². The molecule has 20 heavy (non-hydrogen) atoms. The smallest absolute Gasteiger partial charge is 0.0626 e. The minimum Gasteiger partial charge on any atom is -0.394 e. The van der Waals surface area contributed by atoms with Gasteiger partial charge in [-0.2, -0.15) is 0 Å². The van der Waals surface area contributed by atoms with Gasteiger partial charge in [0.15, 0.2) is 0 Å². The van der Waals surface area contributed by atoms with Crippen LogP contribution in [-0.2, 0) is 6.54 Å². The monoisotopic (exact) mass is 266 g/mol. The second-order valence-corrected chi connectivity index (χ2v) is 4.93. The fourth-order valence-electron chi connectivity index (χ4n) is 2.42. The maximum absolute atomic E-state index is 9.53. The lowest BCUT2D eigenvalue weighted by molar-refractivity contribution is 0.243. The Hall–Kier alpha value is -2.10. The van der Waals surface area contributed by atoms with Gasteiger partial charge in [-0.15, -0.1) is 0 Å². The van der Waals surface area contributed by atoms with Gasteiger partial charge in [0.2, 0.25) is 0 Å². The van der Waals surface area contributed by atoms with Crippen molar-refractivity contribution in [2.24, 2.45) is 0 Å². The van der Waals surface area contributed by atoms with E-state index in [9.17, 15) is 5.11 Å². The molecule has 0 fully saturated rings. The molecule has 0 spiro atoms. The normalized spacial score (nSPS) is 12.7. The summed E-state index contributed by atoms with van der Waals surface area (Å²) in [7, 11) is 0. The molecule has 3 heteroatoms. The Bertz CT molecular complexity index is 676. The summed E-state index contributed by atoms with van der Waals surface area (Å²) in [6.45, 7) is 0.823. The van der Waals surface area contributed by atoms with E-state index in [1.807, 2.05) is 36.5 Å². The molecule has 2 aromatic carbocycles. The first-order valence-electron chi connectivity index (χ1n) is 6.82. The van der Waals surface area contributed by atoms with E-state index in [0.29, 0.717) is 0 Å². The number of hydrogen-bond donors (Lipinski definition) is 3. The van der Waals surface area contributed by atoms with Crippen LogP contribution in [0.1, 0.15) is 17.2 Å². The van der Waals surface area contributed by atoms with Gasteiger partial charge in [-0.1, -0.05) is 42.5 Å². The first kappa shape index (κ1) is 12.9. The Morgan fingerprint density at radius 2 is 1.90 bits per heavy atom. The largest absolute Gasteiger partial charge is 0.394 e. The van der Waals surface area contributed by atoms with E-state index >= 15 is 0 Å². The number of aromatic amines is 1. The molecule has 102 valence electrons. The van der Waals surface area contributed by atoms with Gasteiger partial charge in [0.1, 0.15) is 0 Å². The van der Waals surface area contributed by atoms with Crippen LogP contribution < -0.4 is 5.32 Å². The van der Waals surface area contributed by atoms with Crippen LogP contribution in [-0.4, -0.2) is 16.7 Å². The van der Waals surface area contributed by atoms with Gasteiger partial charge in [0.25, 0.3) is 0 Å². The lowest BCUT2D eigenvalue weighted by Gasteiger charge is -2.16. The standard InChI is InChI=1S/C17H18N2O/c20-12-17(14-4-2-1-3-5-14)19-11-13-6-7-15-8-9-18-16(15)10-13/h1-10,17-20H,11-12H2/t17-/m1/s1. The predicted octanol–water partition coefficient (Wildman–Crippen LogP) is 2.99. The van der Waals surface area contributed by atoms with E-state index in [1.165, 1.54) is 10.9 Å². The molecule has 0 aliphatic carbocycles. The number of aromatic nitrogens is 1. The third kappa shape index (κ3) is 2.74. The fourth-order valence-corrected chi connectivity index (χ4v) is 2.42. The van der Waals surface area contributed by atoms with Crippen LogP contribution in [0.3, 0.4) is 0 Å². The fraction of sp³-hybridized carbons (Fsp3) is 0.176. The molecule has 3 rings (SSSR count). The van der Waals surface area contributed by atoms with Crippen molar-refractivity contribution in [3.63, 3.8) is 0 Å². The molecule has 3 aromatic rings. The van der Waals surface area contributed by atoms with Crippen molar-refractivity contribution >= 4 is 10.9 Å². The quantitative estimate of drug-likeness (QED) is 0.665. The van der Waals surface area contributed by atoms with Crippen molar-refractivity contribution in [3.8, 4) is 0 Å². The number of aliphatic hydroxyl groups is 1. The number of rotatable bonds is 5. The Labute approximate surface area is 118 Å². The van der Waals surface area contributed by atoms with Gasteiger partial charge in [0.05, 0.1) is 12.6 Å². The topological polar surface area (TPSA) is 48.0 Å². The molecule has 0 bridgehead atoms. The van der Waals surface area contributed by atoms with Gasteiger partial charge < -0.3 is 15.4 Å². The summed E-state index contributed by atoms with van der Waals surface area (Å²) < 4.78 is 0. The molecule has 0 amide bonds. The summed E-state index contributed by atoms with van der Waals surface area (Å²) in [4.78, 5) is 3.22. The Kier molecular flexibility index (Phi) is 3.81. The number of aliphatic hydroxyl groups excluding tert-OH is 1. The average molecular weight is 266 g/mol. The lowest BCUT2D eigenvalue weighted by Crippen LogP contribution is -2.23. The van der Waals surface area contributed by atoms with Crippen molar-refractivity contribution < 1.29 is 5.11 Å². The van der Waals surface area contributed by atoms with Crippen LogP contribution in [0, 0.1) is 0 Å². The summed E-state index contributed by atoms with van der Waals surface area (Å²) in [5.74, 6) is 0. The highest BCUT2D eigenvalue weighted by molar-refractivity contribution is 5.79. The lowest BCUT2D eigenvalue weighted by atomic mass is 10.1. The molecule has 0 aliphatic heterocycles. The van der Waals surface area contributed by atoms with Crippen LogP contribution >= 0.6 is 0 Å². The van der Waals surface area contributed by atoms with Gasteiger partial charge in [0, 0.05) is 18.3 Å². The first-order valence-corrected chi connectivity index (χ1v) is 6.82. The molecule has 1 atom stereocenters. The van der Waals surface area contributed by atoms with E-state index in [1.54, 1.807) is 0 Å². The molecule has 0 radical (unpaired) electrons. The first-order chi connectivity index (χ1) is 9.86. The number of benzene rings is 2. The van der Waals surface area contributed by atoms with E-state index in [0.717, 1.165) is 17.6 Å². The molecule has 3 nitrogen and oxygen atoms in total. The van der Waals surface area contributed by atoms with Gasteiger partial charge in [-0.25, -0.2) is 0 Å². The van der Waals surface area contributed by atoms with Crippen LogP contribution in [0.25, 0.3) is 10.9 Å². The van der Waals surface area contributed by atoms with Crippen molar-refractivity contribution in [1.29, 1.82) is 0 Å². The van der Waals surface area contributed by atoms with E-state index in [-0.39, 0.29) is 12.6 Å². The minimum absolute atomic E-state index is 0.0319. The highest BCUT2D eigenvalue weighted by Crippen LogP contribution is 2.16. The van der Waals surface area contributed by atoms with Gasteiger partial charge >= 0.3 is 0 Å². The SMILES string of the molecule is OC[C@@H](NCc1ccc2cc[nH]c2c1)c1ccccc1. The zero-order valence-electron chi connectivity index (χ0n) is 11.2. The molecule has 1 aromatic heterocycles. The number of H-pyrrole nitrogens is 1. The summed E-state index contributed by atoms with van der Waals surface area (Å²) in [6.07, 6.45) is 1.95. The summed E-state index contributed by atoms with van der Waals surface area (Å²) in [6, 6.07) is 18.4. The summed E-state index contributed by atoms with van der Waals surface area (Å²) >= 11 is 0. The maximum Gasteiger partial charge on any atom is 0.0626 e. The zero-order chi connectivity index (χ0) is 13.8. The molecular formula is C17H18N2O. The molecule has 0 saturated heterocycles. The van der Waals surface area contributed by atoms with Crippen LogP contribution in [0.2, 0.25) is 0 Å². The minimum atomic E-state index is -0.0319. The highest BCUT2D eigenvalue weighted by atomic mass is 16.3. The molecule has 3 N–H and O–H groups in total. The van der Waals surface area contributed by atoms with Crippen molar-refractivity contribution in [2.75, 3.05) is 6.61 Å². The molecular weight excluding hydrogens is 248 g/mol. The summed E-state index contributed by atoms with van der Waals surface area (Å²) in [5, 5.41) is 14.1. The third-order valence-corrected chi connectivity index (χ3v) is 3.56. The molecule has 0 aliphatic rings. The van der Waals surface area contributed by atoms with E-state index in [2.05, 4.69) is 34.6 Å². The Morgan fingerprint density at radius 1 is 1.05 bits per heavy atom. The van der Waals surface area contributed by atoms with Crippen LogP contribution in [0.15, 0.2) is 60.8 Å². The van der Waals surface area contributed by atoms with Gasteiger partial charge in [-0.3, -0.25) is 0 Å².